The van der Waals surface area contributed by atoms with Gasteiger partial charge in [0, 0.05) is 49.4 Å². The maximum atomic E-state index is 7.78. The average molecular weight is 751 g/mol. The Bertz CT molecular complexity index is 3460. The lowest BCUT2D eigenvalue weighted by molar-refractivity contribution is 1.18. The van der Waals surface area contributed by atoms with Crippen LogP contribution in [0.15, 0.2) is 206 Å². The van der Waals surface area contributed by atoms with Crippen molar-refractivity contribution in [1.29, 1.82) is 0 Å². The van der Waals surface area contributed by atoms with E-state index in [4.69, 9.17) is 6.57 Å². The zero-order valence-electron chi connectivity index (χ0n) is 31.9. The van der Waals surface area contributed by atoms with Crippen LogP contribution in [0.3, 0.4) is 0 Å². The van der Waals surface area contributed by atoms with Gasteiger partial charge in [-0.1, -0.05) is 121 Å². The highest BCUT2D eigenvalue weighted by Gasteiger charge is 2.18. The lowest BCUT2D eigenvalue weighted by atomic mass is 9.99. The van der Waals surface area contributed by atoms with Crippen molar-refractivity contribution in [2.75, 3.05) is 0 Å². The van der Waals surface area contributed by atoms with E-state index in [2.05, 4.69) is 207 Å². The molecule has 0 fully saturated rings. The van der Waals surface area contributed by atoms with Gasteiger partial charge in [0.1, 0.15) is 0 Å². The van der Waals surface area contributed by atoms with Gasteiger partial charge in [-0.15, -0.1) is 0 Å². The Hall–Kier alpha value is -8.13. The molecule has 4 heteroatoms. The molecule has 0 atom stereocenters. The van der Waals surface area contributed by atoms with Crippen molar-refractivity contribution in [3.05, 3.63) is 218 Å². The Morgan fingerprint density at radius 2 is 0.661 bits per heavy atom. The monoisotopic (exact) mass is 750 g/mol. The second-order valence-electron chi connectivity index (χ2n) is 15.3. The van der Waals surface area contributed by atoms with Crippen molar-refractivity contribution in [2.24, 2.45) is 0 Å². The van der Waals surface area contributed by atoms with Crippen molar-refractivity contribution >= 4 is 71.1 Å². The van der Waals surface area contributed by atoms with Gasteiger partial charge in [0.15, 0.2) is 5.69 Å². The van der Waals surface area contributed by atoms with Crippen LogP contribution < -0.4 is 0 Å². The topological polar surface area (TPSA) is 19.1 Å². The number of nitrogens with zero attached hydrogens (tertiary/aromatic N) is 4. The molecule has 12 aromatic rings. The van der Waals surface area contributed by atoms with Crippen molar-refractivity contribution in [3.8, 4) is 39.3 Å². The summed E-state index contributed by atoms with van der Waals surface area (Å²) < 4.78 is 7.06. The average Bonchev–Trinajstić information content (AvgIpc) is 3.94. The molecule has 0 amide bonds. The summed E-state index contributed by atoms with van der Waals surface area (Å²) in [6.45, 7) is 7.78. The third-order valence-electron chi connectivity index (χ3n) is 12.0. The highest BCUT2D eigenvalue weighted by atomic mass is 15.0. The summed E-state index contributed by atoms with van der Waals surface area (Å²) >= 11 is 0. The summed E-state index contributed by atoms with van der Waals surface area (Å²) in [6.07, 6.45) is 0. The second kappa shape index (κ2) is 13.0. The van der Waals surface area contributed by atoms with Crippen LogP contribution in [-0.4, -0.2) is 13.7 Å². The van der Waals surface area contributed by atoms with Crippen molar-refractivity contribution in [1.82, 2.24) is 13.7 Å². The normalized spacial score (nSPS) is 11.7. The van der Waals surface area contributed by atoms with E-state index < -0.39 is 0 Å². The van der Waals surface area contributed by atoms with E-state index in [1.165, 1.54) is 43.6 Å². The summed E-state index contributed by atoms with van der Waals surface area (Å²) in [4.78, 5) is 3.78. The molecule has 0 aliphatic carbocycles. The highest BCUT2D eigenvalue weighted by molar-refractivity contribution is 6.14. The number of fused-ring (bicyclic) bond motifs is 9. The molecular formula is C55H34N4. The van der Waals surface area contributed by atoms with Crippen LogP contribution in [0.1, 0.15) is 0 Å². The summed E-state index contributed by atoms with van der Waals surface area (Å²) in [5, 5.41) is 7.28. The molecule has 0 radical (unpaired) electrons. The molecule has 274 valence electrons. The van der Waals surface area contributed by atoms with Gasteiger partial charge in [0.25, 0.3) is 0 Å². The molecule has 0 unspecified atom stereocenters. The fraction of sp³-hybridized carbons (Fsp3) is 0. The van der Waals surface area contributed by atoms with E-state index in [1.807, 2.05) is 18.2 Å². The Morgan fingerprint density at radius 3 is 1.17 bits per heavy atom. The maximum Gasteiger partial charge on any atom is 0.189 e. The summed E-state index contributed by atoms with van der Waals surface area (Å²) in [5.74, 6) is 0. The number of hydrogen-bond donors (Lipinski definition) is 0. The lowest BCUT2D eigenvalue weighted by Gasteiger charge is -2.10. The van der Waals surface area contributed by atoms with Crippen LogP contribution in [0, 0.1) is 6.57 Å². The molecule has 59 heavy (non-hydrogen) atoms. The minimum Gasteiger partial charge on any atom is -0.311 e. The summed E-state index contributed by atoms with van der Waals surface area (Å²) in [6, 6.07) is 74.0. The molecule has 0 saturated heterocycles. The molecule has 9 aromatic carbocycles. The van der Waals surface area contributed by atoms with Crippen LogP contribution in [0.25, 0.3) is 110 Å². The smallest absolute Gasteiger partial charge is 0.189 e. The first-order valence-electron chi connectivity index (χ1n) is 20.0. The standard InChI is InChI=1S/C55H34N4/c1-56-40-13-12-18-43(35-40)59-52-29-25-36(38-23-27-46-44-19-8-10-21-50(44)57(54(46)33-38)41-14-4-2-5-15-41)31-48(52)49-32-37(26-30-53(49)59)39-24-28-47-45-20-9-11-22-51(45)58(55(47)34-39)42-16-6-3-7-17-42/h2-35H. The molecule has 0 N–H and O–H groups in total. The van der Waals surface area contributed by atoms with Gasteiger partial charge in [-0.05, 0) is 107 Å². The van der Waals surface area contributed by atoms with Gasteiger partial charge in [0.05, 0.1) is 39.7 Å². The summed E-state index contributed by atoms with van der Waals surface area (Å²) in [5.41, 5.74) is 15.4. The number of aromatic nitrogens is 3. The Balaban J connectivity index is 1.08. The first kappa shape index (κ1) is 33.1. The predicted molar refractivity (Wildman–Crippen MR) is 247 cm³/mol. The van der Waals surface area contributed by atoms with Crippen LogP contribution in [-0.2, 0) is 0 Å². The number of para-hydroxylation sites is 4. The summed E-state index contributed by atoms with van der Waals surface area (Å²) in [7, 11) is 0. The van der Waals surface area contributed by atoms with Gasteiger partial charge in [0.2, 0.25) is 0 Å². The van der Waals surface area contributed by atoms with Gasteiger partial charge < -0.3 is 13.7 Å². The number of rotatable bonds is 5. The molecule has 0 spiro atoms. The zero-order valence-corrected chi connectivity index (χ0v) is 31.9. The minimum atomic E-state index is 0.620. The molecule has 0 saturated carbocycles. The van der Waals surface area contributed by atoms with Crippen molar-refractivity contribution < 1.29 is 0 Å². The number of hydrogen-bond acceptors (Lipinski definition) is 0. The third kappa shape index (κ3) is 5.09. The van der Waals surface area contributed by atoms with Crippen LogP contribution in [0.2, 0.25) is 0 Å². The molecule has 3 aromatic heterocycles. The zero-order chi connectivity index (χ0) is 39.0. The van der Waals surface area contributed by atoms with E-state index in [-0.39, 0.29) is 0 Å². The molecule has 0 aliphatic rings. The fourth-order valence-electron chi connectivity index (χ4n) is 9.37. The number of benzene rings is 9. The second-order valence-corrected chi connectivity index (χ2v) is 15.3. The fourth-order valence-corrected chi connectivity index (χ4v) is 9.37. The molecule has 4 nitrogen and oxygen atoms in total. The Kier molecular flexibility index (Phi) is 7.26. The minimum absolute atomic E-state index is 0.620. The van der Waals surface area contributed by atoms with Crippen molar-refractivity contribution in [2.45, 2.75) is 0 Å². The predicted octanol–water partition coefficient (Wildman–Crippen LogP) is 14.9. The Morgan fingerprint density at radius 1 is 0.271 bits per heavy atom. The first-order valence-corrected chi connectivity index (χ1v) is 20.0. The van der Waals surface area contributed by atoms with Gasteiger partial charge in [-0.2, -0.15) is 0 Å². The molecule has 12 rings (SSSR count). The SMILES string of the molecule is [C-]#[N+]c1cccc(-n2c3ccc(-c4ccc5c6ccccc6n(-c6ccccc6)c5c4)cc3c3cc(-c4ccc5c6ccccc6n(-c6ccccc6)c5c4)ccc32)c1. The molecule has 3 heterocycles. The van der Waals surface area contributed by atoms with Gasteiger partial charge >= 0.3 is 0 Å². The highest BCUT2D eigenvalue weighted by Crippen LogP contribution is 2.41. The van der Waals surface area contributed by atoms with Gasteiger partial charge in [-0.25, -0.2) is 4.85 Å². The van der Waals surface area contributed by atoms with Crippen LogP contribution in [0.4, 0.5) is 5.69 Å². The molecular weight excluding hydrogens is 717 g/mol. The van der Waals surface area contributed by atoms with E-state index in [1.54, 1.807) is 0 Å². The van der Waals surface area contributed by atoms with Gasteiger partial charge in [-0.3, -0.25) is 0 Å². The van der Waals surface area contributed by atoms with E-state index in [0.29, 0.717) is 5.69 Å². The van der Waals surface area contributed by atoms with E-state index >= 15 is 0 Å². The quantitative estimate of drug-likeness (QED) is 0.156. The van der Waals surface area contributed by atoms with Crippen LogP contribution >= 0.6 is 0 Å². The largest absolute Gasteiger partial charge is 0.311 e. The van der Waals surface area contributed by atoms with E-state index in [9.17, 15) is 0 Å². The maximum absolute atomic E-state index is 7.78. The van der Waals surface area contributed by atoms with Crippen LogP contribution in [0.5, 0.6) is 0 Å². The first-order chi connectivity index (χ1) is 29.2. The van der Waals surface area contributed by atoms with E-state index in [0.717, 1.165) is 61.1 Å². The Labute approximate surface area is 340 Å². The molecule has 0 bridgehead atoms. The molecule has 0 aliphatic heterocycles. The van der Waals surface area contributed by atoms with Crippen molar-refractivity contribution in [3.63, 3.8) is 0 Å². The lowest BCUT2D eigenvalue weighted by Crippen LogP contribution is -1.94. The third-order valence-corrected chi connectivity index (χ3v) is 12.0.